The van der Waals surface area contributed by atoms with Crippen LogP contribution in [0.5, 0.6) is 0 Å². The van der Waals surface area contributed by atoms with Crippen molar-refractivity contribution in [3.8, 4) is 0 Å². The molecule has 1 fully saturated rings. The first-order chi connectivity index (χ1) is 6.59. The van der Waals surface area contributed by atoms with E-state index in [0.717, 1.165) is 12.8 Å². The molecule has 0 radical (unpaired) electrons. The van der Waals surface area contributed by atoms with Gasteiger partial charge in [0.15, 0.2) is 0 Å². The highest BCUT2D eigenvalue weighted by atomic mass is 16.3. The van der Waals surface area contributed by atoms with Crippen molar-refractivity contribution in [2.75, 3.05) is 0 Å². The van der Waals surface area contributed by atoms with Crippen molar-refractivity contribution in [3.05, 3.63) is 23.3 Å². The molecule has 0 bridgehead atoms. The number of allylic oxidation sites excluding steroid dienone is 2. The monoisotopic (exact) mass is 192 g/mol. The molecule has 0 aromatic rings. The summed E-state index contributed by atoms with van der Waals surface area (Å²) in [5.74, 6) is 0.995. The Hall–Kier alpha value is -0.560. The van der Waals surface area contributed by atoms with Crippen molar-refractivity contribution in [2.45, 2.75) is 45.6 Å². The van der Waals surface area contributed by atoms with E-state index < -0.39 is 0 Å². The molecule has 1 saturated carbocycles. The summed E-state index contributed by atoms with van der Waals surface area (Å²) in [6, 6.07) is 0. The molecule has 1 N–H and O–H groups in total. The van der Waals surface area contributed by atoms with E-state index in [1.54, 1.807) is 11.1 Å². The van der Waals surface area contributed by atoms with Crippen LogP contribution in [0.15, 0.2) is 23.3 Å². The van der Waals surface area contributed by atoms with Gasteiger partial charge in [0, 0.05) is 5.92 Å². The number of aliphatic hydroxyl groups excluding tert-OH is 1. The van der Waals surface area contributed by atoms with Crippen LogP contribution in [-0.4, -0.2) is 11.2 Å². The van der Waals surface area contributed by atoms with Gasteiger partial charge < -0.3 is 5.11 Å². The van der Waals surface area contributed by atoms with E-state index in [-0.39, 0.29) is 6.10 Å². The Morgan fingerprint density at radius 1 is 1.36 bits per heavy atom. The van der Waals surface area contributed by atoms with E-state index in [0.29, 0.717) is 11.8 Å². The van der Waals surface area contributed by atoms with E-state index in [9.17, 15) is 5.11 Å². The molecular formula is C13H20O. The highest BCUT2D eigenvalue weighted by Crippen LogP contribution is 2.44. The molecule has 2 aliphatic rings. The molecule has 2 aliphatic carbocycles. The lowest BCUT2D eigenvalue weighted by Gasteiger charge is -2.15. The van der Waals surface area contributed by atoms with Gasteiger partial charge in [-0.15, -0.1) is 0 Å². The average Bonchev–Trinajstić information content (AvgIpc) is 2.43. The fraction of sp³-hybridized carbons (Fsp3) is 0.692. The van der Waals surface area contributed by atoms with Crippen LogP contribution in [-0.2, 0) is 0 Å². The summed E-state index contributed by atoms with van der Waals surface area (Å²) in [4.78, 5) is 0. The third-order valence-electron chi connectivity index (χ3n) is 3.94. The number of aliphatic hydroxyl groups is 1. The molecule has 0 amide bonds. The first-order valence-electron chi connectivity index (χ1n) is 5.64. The summed E-state index contributed by atoms with van der Waals surface area (Å²) in [6.45, 7) is 8.54. The van der Waals surface area contributed by atoms with Crippen LogP contribution in [0.2, 0.25) is 0 Å². The van der Waals surface area contributed by atoms with Gasteiger partial charge in [0.1, 0.15) is 0 Å². The zero-order valence-electron chi connectivity index (χ0n) is 9.21. The molecule has 1 nitrogen and oxygen atoms in total. The Balaban J connectivity index is 2.30. The van der Waals surface area contributed by atoms with Crippen LogP contribution in [0.4, 0.5) is 0 Å². The molecule has 3 atom stereocenters. The van der Waals surface area contributed by atoms with Crippen molar-refractivity contribution in [1.82, 2.24) is 0 Å². The third-order valence-corrected chi connectivity index (χ3v) is 3.94. The molecule has 1 heteroatoms. The van der Waals surface area contributed by atoms with Gasteiger partial charge in [0.05, 0.1) is 6.10 Å². The second-order valence-electron chi connectivity index (χ2n) is 5.01. The summed E-state index contributed by atoms with van der Waals surface area (Å²) < 4.78 is 0. The maximum atomic E-state index is 9.89. The lowest BCUT2D eigenvalue weighted by Crippen LogP contribution is -2.15. The summed E-state index contributed by atoms with van der Waals surface area (Å²) in [7, 11) is 0. The molecule has 0 spiro atoms. The fourth-order valence-corrected chi connectivity index (χ4v) is 2.86. The molecule has 0 aliphatic heterocycles. The van der Waals surface area contributed by atoms with Gasteiger partial charge in [0.2, 0.25) is 0 Å². The minimum Gasteiger partial charge on any atom is -0.393 e. The second kappa shape index (κ2) is 3.54. The van der Waals surface area contributed by atoms with Crippen molar-refractivity contribution >= 4 is 0 Å². The molecule has 0 heterocycles. The number of fused-ring (bicyclic) bond motifs is 1. The van der Waals surface area contributed by atoms with E-state index in [1.165, 1.54) is 18.4 Å². The summed E-state index contributed by atoms with van der Waals surface area (Å²) >= 11 is 0. The molecule has 2 rings (SSSR count). The predicted octanol–water partition coefficient (Wildman–Crippen LogP) is 3.06. The minimum absolute atomic E-state index is 0.173. The third kappa shape index (κ3) is 1.54. The number of hydrogen-bond donors (Lipinski definition) is 1. The summed E-state index contributed by atoms with van der Waals surface area (Å²) in [6.07, 6.45) is 4.19. The Bertz CT molecular complexity index is 288. The largest absolute Gasteiger partial charge is 0.393 e. The molecule has 78 valence electrons. The SMILES string of the molecule is C=C1CC(O)C(C)CC2=C(C)CCC12. The van der Waals surface area contributed by atoms with Gasteiger partial charge in [-0.25, -0.2) is 0 Å². The Morgan fingerprint density at radius 3 is 2.79 bits per heavy atom. The number of hydrogen-bond acceptors (Lipinski definition) is 1. The van der Waals surface area contributed by atoms with Crippen LogP contribution in [0.3, 0.4) is 0 Å². The topological polar surface area (TPSA) is 20.2 Å². The second-order valence-corrected chi connectivity index (χ2v) is 5.01. The van der Waals surface area contributed by atoms with Crippen LogP contribution in [0.1, 0.15) is 39.5 Å². The predicted molar refractivity (Wildman–Crippen MR) is 59.0 cm³/mol. The Labute approximate surface area is 86.5 Å². The Morgan fingerprint density at radius 2 is 2.07 bits per heavy atom. The molecule has 3 unspecified atom stereocenters. The minimum atomic E-state index is -0.173. The highest BCUT2D eigenvalue weighted by molar-refractivity contribution is 5.31. The van der Waals surface area contributed by atoms with Crippen molar-refractivity contribution in [2.24, 2.45) is 11.8 Å². The maximum Gasteiger partial charge on any atom is 0.0606 e. The fourth-order valence-electron chi connectivity index (χ4n) is 2.86. The van der Waals surface area contributed by atoms with Crippen LogP contribution in [0, 0.1) is 11.8 Å². The van der Waals surface area contributed by atoms with Crippen molar-refractivity contribution in [3.63, 3.8) is 0 Å². The van der Waals surface area contributed by atoms with Gasteiger partial charge in [-0.05, 0) is 38.5 Å². The lowest BCUT2D eigenvalue weighted by atomic mass is 9.91. The molecule has 0 saturated heterocycles. The van der Waals surface area contributed by atoms with Crippen molar-refractivity contribution in [1.29, 1.82) is 0 Å². The maximum absolute atomic E-state index is 9.89. The van der Waals surface area contributed by atoms with Gasteiger partial charge in [0.25, 0.3) is 0 Å². The molecule has 0 aromatic heterocycles. The van der Waals surface area contributed by atoms with Crippen molar-refractivity contribution < 1.29 is 5.11 Å². The first kappa shape index (κ1) is 9.97. The normalized spacial score (nSPS) is 38.5. The Kier molecular flexibility index (Phi) is 2.52. The van der Waals surface area contributed by atoms with Gasteiger partial charge in [-0.1, -0.05) is 30.2 Å². The van der Waals surface area contributed by atoms with E-state index in [2.05, 4.69) is 20.4 Å². The van der Waals surface area contributed by atoms with E-state index in [4.69, 9.17) is 0 Å². The summed E-state index contributed by atoms with van der Waals surface area (Å²) in [5.41, 5.74) is 4.39. The van der Waals surface area contributed by atoms with Crippen LogP contribution >= 0.6 is 0 Å². The molecule has 14 heavy (non-hydrogen) atoms. The van der Waals surface area contributed by atoms with Gasteiger partial charge in [-0.2, -0.15) is 0 Å². The quantitative estimate of drug-likeness (QED) is 0.585. The van der Waals surface area contributed by atoms with Crippen LogP contribution in [0.25, 0.3) is 0 Å². The van der Waals surface area contributed by atoms with E-state index in [1.807, 2.05) is 0 Å². The standard InChI is InChI=1S/C13H20O/c1-8-4-5-11-9(2)7-13(14)10(3)6-12(8)11/h10-11,13-14H,2,4-7H2,1,3H3. The molecular weight excluding hydrogens is 172 g/mol. The highest BCUT2D eigenvalue weighted by Gasteiger charge is 2.32. The first-order valence-corrected chi connectivity index (χ1v) is 5.64. The number of rotatable bonds is 0. The van der Waals surface area contributed by atoms with Crippen LogP contribution < -0.4 is 0 Å². The zero-order chi connectivity index (χ0) is 10.3. The van der Waals surface area contributed by atoms with Gasteiger partial charge in [-0.3, -0.25) is 0 Å². The smallest absolute Gasteiger partial charge is 0.0606 e. The average molecular weight is 192 g/mol. The van der Waals surface area contributed by atoms with E-state index >= 15 is 0 Å². The van der Waals surface area contributed by atoms with Gasteiger partial charge >= 0.3 is 0 Å². The summed E-state index contributed by atoms with van der Waals surface area (Å²) in [5, 5.41) is 9.89. The molecule has 0 aromatic carbocycles. The zero-order valence-corrected chi connectivity index (χ0v) is 9.21. The lowest BCUT2D eigenvalue weighted by molar-refractivity contribution is 0.120.